The summed E-state index contributed by atoms with van der Waals surface area (Å²) in [5.41, 5.74) is 1.83. The van der Waals surface area contributed by atoms with Crippen LogP contribution >= 0.6 is 0 Å². The Hall–Kier alpha value is -3.21. The molecule has 0 saturated carbocycles. The van der Waals surface area contributed by atoms with Crippen LogP contribution in [0.25, 0.3) is 10.8 Å². The van der Waals surface area contributed by atoms with Crippen molar-refractivity contribution in [2.24, 2.45) is 0 Å². The molecule has 1 atom stereocenters. The van der Waals surface area contributed by atoms with Gasteiger partial charge >= 0.3 is 0 Å². The topological polar surface area (TPSA) is 72.2 Å². The average Bonchev–Trinajstić information content (AvgIpc) is 2.61. The summed E-state index contributed by atoms with van der Waals surface area (Å²) < 4.78 is 0. The number of carbonyl (C=O) groups is 1. The first-order valence-corrected chi connectivity index (χ1v) is 8.05. The predicted molar refractivity (Wildman–Crippen MR) is 97.3 cm³/mol. The van der Waals surface area contributed by atoms with Crippen molar-refractivity contribution < 1.29 is 9.72 Å². The Kier molecular flexibility index (Phi) is 4.75. The quantitative estimate of drug-likeness (QED) is 0.562. The summed E-state index contributed by atoms with van der Waals surface area (Å²) in [5.74, 6) is -0.116. The van der Waals surface area contributed by atoms with Crippen molar-refractivity contribution in [1.29, 1.82) is 0 Å². The van der Waals surface area contributed by atoms with Crippen LogP contribution in [0.15, 0.2) is 66.7 Å². The highest BCUT2D eigenvalue weighted by atomic mass is 16.6. The Balaban J connectivity index is 1.70. The highest BCUT2D eigenvalue weighted by Crippen LogP contribution is 2.24. The van der Waals surface area contributed by atoms with Gasteiger partial charge in [-0.1, -0.05) is 54.6 Å². The minimum Gasteiger partial charge on any atom is -0.349 e. The van der Waals surface area contributed by atoms with Crippen LogP contribution in [0.4, 0.5) is 5.69 Å². The summed E-state index contributed by atoms with van der Waals surface area (Å²) in [5, 5.41) is 15.9. The van der Waals surface area contributed by atoms with Gasteiger partial charge in [0.15, 0.2) is 0 Å². The standard InChI is InChI=1S/C20H18N2O3/c1-14(18-8-4-6-16-5-2-3-7-19(16)18)21-20(23)13-15-9-11-17(12-10-15)22(24)25/h2-12,14H,13H2,1H3,(H,21,23). The van der Waals surface area contributed by atoms with Gasteiger partial charge in [0, 0.05) is 12.1 Å². The fourth-order valence-corrected chi connectivity index (χ4v) is 2.92. The monoisotopic (exact) mass is 334 g/mol. The Labute approximate surface area is 145 Å². The number of nitro benzene ring substituents is 1. The van der Waals surface area contributed by atoms with Gasteiger partial charge in [0.2, 0.25) is 5.91 Å². The van der Waals surface area contributed by atoms with Crippen molar-refractivity contribution in [3.8, 4) is 0 Å². The SMILES string of the molecule is CC(NC(=O)Cc1ccc([N+](=O)[O-])cc1)c1cccc2ccccc12. The van der Waals surface area contributed by atoms with Gasteiger partial charge in [-0.3, -0.25) is 14.9 Å². The van der Waals surface area contributed by atoms with Crippen LogP contribution < -0.4 is 5.32 Å². The molecule has 1 amide bonds. The molecule has 0 spiro atoms. The highest BCUT2D eigenvalue weighted by molar-refractivity contribution is 5.87. The minimum atomic E-state index is -0.452. The van der Waals surface area contributed by atoms with E-state index in [0.717, 1.165) is 21.9 Å². The smallest absolute Gasteiger partial charge is 0.269 e. The zero-order valence-corrected chi connectivity index (χ0v) is 13.8. The molecule has 0 heterocycles. The highest BCUT2D eigenvalue weighted by Gasteiger charge is 2.13. The van der Waals surface area contributed by atoms with Crippen LogP contribution in [0, 0.1) is 10.1 Å². The number of nitrogens with one attached hydrogen (secondary N) is 1. The van der Waals surface area contributed by atoms with E-state index in [1.807, 2.05) is 49.4 Å². The van der Waals surface area contributed by atoms with Gasteiger partial charge in [0.25, 0.3) is 5.69 Å². The van der Waals surface area contributed by atoms with E-state index in [4.69, 9.17) is 0 Å². The van der Waals surface area contributed by atoms with Crippen molar-refractivity contribution in [3.63, 3.8) is 0 Å². The van der Waals surface area contributed by atoms with Crippen LogP contribution in [0.3, 0.4) is 0 Å². The number of nitro groups is 1. The number of non-ortho nitro benzene ring substituents is 1. The number of hydrogen-bond donors (Lipinski definition) is 1. The maximum Gasteiger partial charge on any atom is 0.269 e. The molecule has 126 valence electrons. The fraction of sp³-hybridized carbons (Fsp3) is 0.150. The largest absolute Gasteiger partial charge is 0.349 e. The van der Waals surface area contributed by atoms with Crippen LogP contribution in [0.5, 0.6) is 0 Å². The van der Waals surface area contributed by atoms with E-state index in [1.165, 1.54) is 12.1 Å². The molecule has 3 aromatic carbocycles. The summed E-state index contributed by atoms with van der Waals surface area (Å²) in [6.07, 6.45) is 0.188. The summed E-state index contributed by atoms with van der Waals surface area (Å²) in [6, 6.07) is 20.0. The maximum absolute atomic E-state index is 12.3. The van der Waals surface area contributed by atoms with Crippen molar-refractivity contribution in [1.82, 2.24) is 5.32 Å². The number of amides is 1. The minimum absolute atomic E-state index is 0.0216. The lowest BCUT2D eigenvalue weighted by molar-refractivity contribution is -0.384. The molecular weight excluding hydrogens is 316 g/mol. The van der Waals surface area contributed by atoms with Gasteiger partial charge in [-0.05, 0) is 28.8 Å². The molecule has 5 nitrogen and oxygen atoms in total. The number of rotatable bonds is 5. The molecule has 0 aliphatic rings. The van der Waals surface area contributed by atoms with Crippen LogP contribution in [0.1, 0.15) is 24.1 Å². The van der Waals surface area contributed by atoms with Crippen molar-refractivity contribution in [3.05, 3.63) is 88.0 Å². The Morgan fingerprint density at radius 2 is 1.72 bits per heavy atom. The molecule has 0 aliphatic heterocycles. The summed E-state index contributed by atoms with van der Waals surface area (Å²) in [6.45, 7) is 1.95. The molecule has 0 aliphatic carbocycles. The van der Waals surface area contributed by atoms with E-state index >= 15 is 0 Å². The number of carbonyl (C=O) groups excluding carboxylic acids is 1. The number of fused-ring (bicyclic) bond motifs is 1. The first-order valence-electron chi connectivity index (χ1n) is 8.05. The lowest BCUT2D eigenvalue weighted by Gasteiger charge is -2.16. The second-order valence-corrected chi connectivity index (χ2v) is 5.96. The molecule has 25 heavy (non-hydrogen) atoms. The lowest BCUT2D eigenvalue weighted by atomic mass is 9.99. The molecule has 0 radical (unpaired) electrons. The zero-order chi connectivity index (χ0) is 17.8. The second kappa shape index (κ2) is 7.13. The van der Waals surface area contributed by atoms with Gasteiger partial charge in [-0.15, -0.1) is 0 Å². The number of nitrogens with zero attached hydrogens (tertiary/aromatic N) is 1. The molecule has 0 fully saturated rings. The summed E-state index contributed by atoms with van der Waals surface area (Å²) in [4.78, 5) is 22.5. The van der Waals surface area contributed by atoms with Crippen LogP contribution in [-0.2, 0) is 11.2 Å². The Morgan fingerprint density at radius 3 is 2.44 bits per heavy atom. The van der Waals surface area contributed by atoms with Gasteiger partial charge in [0.1, 0.15) is 0 Å². The van der Waals surface area contributed by atoms with Crippen molar-refractivity contribution >= 4 is 22.4 Å². The molecular formula is C20H18N2O3. The van der Waals surface area contributed by atoms with Gasteiger partial charge in [-0.25, -0.2) is 0 Å². The normalized spacial score (nSPS) is 11.9. The Bertz CT molecular complexity index is 914. The molecule has 0 bridgehead atoms. The van der Waals surface area contributed by atoms with Crippen LogP contribution in [-0.4, -0.2) is 10.8 Å². The molecule has 0 saturated heterocycles. The number of benzene rings is 3. The lowest BCUT2D eigenvalue weighted by Crippen LogP contribution is -2.28. The van der Waals surface area contributed by atoms with Gasteiger partial charge in [-0.2, -0.15) is 0 Å². The third-order valence-corrected chi connectivity index (χ3v) is 4.18. The van der Waals surface area contributed by atoms with E-state index in [-0.39, 0.29) is 24.1 Å². The molecule has 1 unspecified atom stereocenters. The molecule has 0 aromatic heterocycles. The van der Waals surface area contributed by atoms with Gasteiger partial charge in [0.05, 0.1) is 17.4 Å². The maximum atomic E-state index is 12.3. The third-order valence-electron chi connectivity index (χ3n) is 4.18. The van der Waals surface area contributed by atoms with Gasteiger partial charge < -0.3 is 5.32 Å². The van der Waals surface area contributed by atoms with E-state index in [2.05, 4.69) is 5.32 Å². The van der Waals surface area contributed by atoms with E-state index in [1.54, 1.807) is 12.1 Å². The fourth-order valence-electron chi connectivity index (χ4n) is 2.92. The first kappa shape index (κ1) is 16.6. The molecule has 1 N–H and O–H groups in total. The third kappa shape index (κ3) is 3.83. The van der Waals surface area contributed by atoms with E-state index < -0.39 is 4.92 Å². The average molecular weight is 334 g/mol. The first-order chi connectivity index (χ1) is 12.0. The summed E-state index contributed by atoms with van der Waals surface area (Å²) >= 11 is 0. The number of hydrogen-bond acceptors (Lipinski definition) is 3. The van der Waals surface area contributed by atoms with E-state index in [0.29, 0.717) is 0 Å². The zero-order valence-electron chi connectivity index (χ0n) is 13.8. The molecule has 5 heteroatoms. The predicted octanol–water partition coefficient (Wildman–Crippen LogP) is 4.17. The summed E-state index contributed by atoms with van der Waals surface area (Å²) in [7, 11) is 0. The second-order valence-electron chi connectivity index (χ2n) is 5.96. The van der Waals surface area contributed by atoms with Crippen molar-refractivity contribution in [2.75, 3.05) is 0 Å². The molecule has 3 aromatic rings. The molecule has 3 rings (SSSR count). The van der Waals surface area contributed by atoms with E-state index in [9.17, 15) is 14.9 Å². The Morgan fingerprint density at radius 1 is 1.04 bits per heavy atom. The van der Waals surface area contributed by atoms with Crippen LogP contribution in [0.2, 0.25) is 0 Å². The van der Waals surface area contributed by atoms with Crippen molar-refractivity contribution in [2.45, 2.75) is 19.4 Å².